The Hall–Kier alpha value is -1.43. The van der Waals surface area contributed by atoms with Crippen molar-refractivity contribution < 1.29 is 9.63 Å². The predicted octanol–water partition coefficient (Wildman–Crippen LogP) is 2.98. The average Bonchev–Trinajstić information content (AvgIpc) is 2.96. The highest BCUT2D eigenvalue weighted by Crippen LogP contribution is 2.25. The van der Waals surface area contributed by atoms with Gasteiger partial charge < -0.3 is 9.63 Å². The maximum Gasteiger partial charge on any atom is 0.258 e. The largest absolute Gasteiger partial charge is 0.395 e. The van der Waals surface area contributed by atoms with Gasteiger partial charge in [0.05, 0.1) is 13.2 Å². The summed E-state index contributed by atoms with van der Waals surface area (Å²) in [5, 5.41) is 14.3. The Morgan fingerprint density at radius 3 is 3.09 bits per heavy atom. The van der Waals surface area contributed by atoms with Crippen LogP contribution in [-0.4, -0.2) is 39.3 Å². The number of piperidine rings is 1. The molecule has 2 atom stereocenters. The minimum atomic E-state index is 0.167. The summed E-state index contributed by atoms with van der Waals surface area (Å²) >= 11 is 5.99. The molecule has 1 saturated heterocycles. The van der Waals surface area contributed by atoms with Crippen LogP contribution < -0.4 is 0 Å². The third-order valence-electron chi connectivity index (χ3n) is 4.30. The lowest BCUT2D eigenvalue weighted by Gasteiger charge is -2.38. The maximum absolute atomic E-state index is 9.60. The molecule has 1 aliphatic heterocycles. The van der Waals surface area contributed by atoms with Crippen LogP contribution in [0, 0.1) is 5.92 Å². The number of nitrogens with zero attached hydrogens (tertiary/aromatic N) is 3. The first-order valence-electron chi connectivity index (χ1n) is 7.61. The minimum Gasteiger partial charge on any atom is -0.395 e. The van der Waals surface area contributed by atoms with Gasteiger partial charge in [-0.3, -0.25) is 4.90 Å². The summed E-state index contributed by atoms with van der Waals surface area (Å²) in [5.74, 6) is 1.60. The Morgan fingerprint density at radius 2 is 2.32 bits per heavy atom. The van der Waals surface area contributed by atoms with Crippen molar-refractivity contribution in [2.45, 2.75) is 32.4 Å². The van der Waals surface area contributed by atoms with Gasteiger partial charge >= 0.3 is 0 Å². The molecule has 0 amide bonds. The SMILES string of the molecule is CC1CCCN(Cc2noc(-c3cccc(Cl)c3)n2)C1CO. The van der Waals surface area contributed by atoms with Crippen molar-refractivity contribution in [2.24, 2.45) is 5.92 Å². The molecule has 3 rings (SSSR count). The summed E-state index contributed by atoms with van der Waals surface area (Å²) in [6, 6.07) is 7.53. The molecule has 1 N–H and O–H groups in total. The van der Waals surface area contributed by atoms with Crippen LogP contribution in [0.25, 0.3) is 11.5 Å². The van der Waals surface area contributed by atoms with Crippen LogP contribution in [0.1, 0.15) is 25.6 Å². The quantitative estimate of drug-likeness (QED) is 0.938. The minimum absolute atomic E-state index is 0.167. The van der Waals surface area contributed by atoms with Gasteiger partial charge in [-0.2, -0.15) is 4.98 Å². The summed E-state index contributed by atoms with van der Waals surface area (Å²) in [5.41, 5.74) is 0.817. The highest BCUT2D eigenvalue weighted by Gasteiger charge is 2.28. The molecule has 1 aromatic heterocycles. The molecule has 0 spiro atoms. The van der Waals surface area contributed by atoms with E-state index in [2.05, 4.69) is 22.0 Å². The molecule has 2 unspecified atom stereocenters. The zero-order valence-corrected chi connectivity index (χ0v) is 13.3. The Morgan fingerprint density at radius 1 is 1.45 bits per heavy atom. The molecule has 0 radical (unpaired) electrons. The first kappa shape index (κ1) is 15.5. The molecule has 118 valence electrons. The second kappa shape index (κ2) is 6.77. The molecular weight excluding hydrogens is 302 g/mol. The van der Waals surface area contributed by atoms with Crippen molar-refractivity contribution in [3.8, 4) is 11.5 Å². The zero-order chi connectivity index (χ0) is 15.5. The van der Waals surface area contributed by atoms with Gasteiger partial charge in [0.15, 0.2) is 5.82 Å². The number of likely N-dealkylation sites (tertiary alicyclic amines) is 1. The smallest absolute Gasteiger partial charge is 0.258 e. The van der Waals surface area contributed by atoms with Gasteiger partial charge in [-0.15, -0.1) is 0 Å². The Bertz CT molecular complexity index is 631. The van der Waals surface area contributed by atoms with E-state index in [-0.39, 0.29) is 12.6 Å². The van der Waals surface area contributed by atoms with Crippen LogP contribution in [0.4, 0.5) is 0 Å². The summed E-state index contributed by atoms with van der Waals surface area (Å²) < 4.78 is 5.33. The Labute approximate surface area is 134 Å². The van der Waals surface area contributed by atoms with E-state index in [1.165, 1.54) is 0 Å². The van der Waals surface area contributed by atoms with Crippen molar-refractivity contribution in [3.05, 3.63) is 35.1 Å². The Balaban J connectivity index is 1.74. The van der Waals surface area contributed by atoms with Crippen LogP contribution >= 0.6 is 11.6 Å². The molecule has 6 heteroatoms. The highest BCUT2D eigenvalue weighted by atomic mass is 35.5. The molecule has 1 aromatic carbocycles. The van der Waals surface area contributed by atoms with E-state index < -0.39 is 0 Å². The van der Waals surface area contributed by atoms with Crippen LogP contribution in [-0.2, 0) is 6.54 Å². The number of aliphatic hydroxyl groups excluding tert-OH is 1. The molecule has 2 heterocycles. The monoisotopic (exact) mass is 321 g/mol. The first-order chi connectivity index (χ1) is 10.7. The number of hydrogen-bond acceptors (Lipinski definition) is 5. The van der Waals surface area contributed by atoms with E-state index in [1.54, 1.807) is 6.07 Å². The number of halogens is 1. The van der Waals surface area contributed by atoms with Crippen LogP contribution in [0.2, 0.25) is 5.02 Å². The standard InChI is InChI=1S/C16H20ClN3O2/c1-11-4-3-7-20(14(11)10-21)9-15-18-16(22-19-15)12-5-2-6-13(17)8-12/h2,5-6,8,11,14,21H,3-4,7,9-10H2,1H3. The highest BCUT2D eigenvalue weighted by molar-refractivity contribution is 6.30. The van der Waals surface area contributed by atoms with Crippen molar-refractivity contribution >= 4 is 11.6 Å². The molecule has 0 bridgehead atoms. The number of aliphatic hydroxyl groups is 1. The molecule has 1 fully saturated rings. The Kier molecular flexibility index (Phi) is 4.76. The lowest BCUT2D eigenvalue weighted by Crippen LogP contribution is -2.46. The molecule has 0 aliphatic carbocycles. The number of rotatable bonds is 4. The summed E-state index contributed by atoms with van der Waals surface area (Å²) in [6.07, 6.45) is 2.29. The van der Waals surface area contributed by atoms with Crippen molar-refractivity contribution in [1.29, 1.82) is 0 Å². The fraction of sp³-hybridized carbons (Fsp3) is 0.500. The van der Waals surface area contributed by atoms with Gasteiger partial charge in [0.25, 0.3) is 5.89 Å². The third kappa shape index (κ3) is 3.32. The second-order valence-corrected chi connectivity index (χ2v) is 6.30. The van der Waals surface area contributed by atoms with E-state index in [4.69, 9.17) is 16.1 Å². The zero-order valence-electron chi connectivity index (χ0n) is 12.6. The molecule has 0 saturated carbocycles. The number of aromatic nitrogens is 2. The van der Waals surface area contributed by atoms with E-state index in [1.807, 2.05) is 18.2 Å². The molecule has 5 nitrogen and oxygen atoms in total. The maximum atomic E-state index is 9.60. The van der Waals surface area contributed by atoms with Gasteiger partial charge in [-0.25, -0.2) is 0 Å². The van der Waals surface area contributed by atoms with Gasteiger partial charge in [0, 0.05) is 16.6 Å². The topological polar surface area (TPSA) is 62.4 Å². The summed E-state index contributed by atoms with van der Waals surface area (Å²) in [4.78, 5) is 6.69. The molecule has 1 aliphatic rings. The first-order valence-corrected chi connectivity index (χ1v) is 7.98. The molecular formula is C16H20ClN3O2. The van der Waals surface area contributed by atoms with Crippen molar-refractivity contribution in [1.82, 2.24) is 15.0 Å². The fourth-order valence-corrected chi connectivity index (χ4v) is 3.26. The van der Waals surface area contributed by atoms with E-state index in [9.17, 15) is 5.11 Å². The lowest BCUT2D eigenvalue weighted by molar-refractivity contribution is 0.0449. The van der Waals surface area contributed by atoms with Crippen LogP contribution in [0.5, 0.6) is 0 Å². The van der Waals surface area contributed by atoms with Crippen molar-refractivity contribution in [2.75, 3.05) is 13.2 Å². The van der Waals surface area contributed by atoms with Crippen molar-refractivity contribution in [3.63, 3.8) is 0 Å². The van der Waals surface area contributed by atoms with Gasteiger partial charge in [0.2, 0.25) is 0 Å². The van der Waals surface area contributed by atoms with E-state index >= 15 is 0 Å². The van der Waals surface area contributed by atoms with E-state index in [0.29, 0.717) is 29.2 Å². The molecule has 22 heavy (non-hydrogen) atoms. The fourth-order valence-electron chi connectivity index (χ4n) is 3.06. The van der Waals surface area contributed by atoms with Gasteiger partial charge in [0.1, 0.15) is 0 Å². The predicted molar refractivity (Wildman–Crippen MR) is 84.4 cm³/mol. The van der Waals surface area contributed by atoms with Crippen LogP contribution in [0.3, 0.4) is 0 Å². The molecule has 2 aromatic rings. The van der Waals surface area contributed by atoms with Gasteiger partial charge in [-0.1, -0.05) is 29.7 Å². The lowest BCUT2D eigenvalue weighted by atomic mass is 9.91. The summed E-state index contributed by atoms with van der Waals surface area (Å²) in [7, 11) is 0. The second-order valence-electron chi connectivity index (χ2n) is 5.87. The normalized spacial score (nSPS) is 22.9. The number of hydrogen-bond donors (Lipinski definition) is 1. The number of benzene rings is 1. The van der Waals surface area contributed by atoms with Crippen LogP contribution in [0.15, 0.2) is 28.8 Å². The average molecular weight is 322 g/mol. The summed E-state index contributed by atoms with van der Waals surface area (Å²) in [6.45, 7) is 3.90. The van der Waals surface area contributed by atoms with Gasteiger partial charge in [-0.05, 0) is 43.5 Å². The van der Waals surface area contributed by atoms with E-state index in [0.717, 1.165) is 24.9 Å². The third-order valence-corrected chi connectivity index (χ3v) is 4.54.